The van der Waals surface area contributed by atoms with Crippen molar-refractivity contribution < 1.29 is 9.59 Å². The Labute approximate surface area is 82.1 Å². The molecule has 0 heterocycles. The lowest BCUT2D eigenvalue weighted by Gasteiger charge is -2.02. The summed E-state index contributed by atoms with van der Waals surface area (Å²) in [5.74, 6) is 4.39. The van der Waals surface area contributed by atoms with Crippen LogP contribution in [-0.2, 0) is 4.79 Å². The van der Waals surface area contributed by atoms with Gasteiger partial charge in [0.15, 0.2) is 6.29 Å². The van der Waals surface area contributed by atoms with Gasteiger partial charge >= 0.3 is 0 Å². The number of anilines is 1. The fourth-order valence-corrected chi connectivity index (χ4v) is 0.981. The van der Waals surface area contributed by atoms with Crippen LogP contribution in [0.4, 0.5) is 5.69 Å². The number of aldehydes is 1. The third kappa shape index (κ3) is 2.46. The van der Waals surface area contributed by atoms with E-state index in [2.05, 4.69) is 17.2 Å². The van der Waals surface area contributed by atoms with Crippen LogP contribution in [0.25, 0.3) is 0 Å². The predicted octanol–water partition coefficient (Wildman–Crippen LogP) is 1.46. The molecule has 1 N–H and O–H groups in total. The van der Waals surface area contributed by atoms with E-state index in [0.29, 0.717) is 17.5 Å². The van der Waals surface area contributed by atoms with E-state index in [-0.39, 0.29) is 0 Å². The minimum Gasteiger partial charge on any atom is -0.314 e. The summed E-state index contributed by atoms with van der Waals surface area (Å²) in [5.41, 5.74) is 0.925. The van der Waals surface area contributed by atoms with Crippen molar-refractivity contribution in [2.45, 2.75) is 6.92 Å². The molecule has 70 valence electrons. The summed E-state index contributed by atoms with van der Waals surface area (Å²) in [7, 11) is 0. The topological polar surface area (TPSA) is 46.2 Å². The summed E-state index contributed by atoms with van der Waals surface area (Å²) in [4.78, 5) is 21.7. The second-order valence-corrected chi connectivity index (χ2v) is 2.53. The third-order valence-corrected chi connectivity index (χ3v) is 1.57. The van der Waals surface area contributed by atoms with Crippen LogP contribution in [0.5, 0.6) is 0 Å². The van der Waals surface area contributed by atoms with Gasteiger partial charge in [0.05, 0.1) is 5.69 Å². The average Bonchev–Trinajstić information content (AvgIpc) is 2.19. The van der Waals surface area contributed by atoms with Gasteiger partial charge in [0.25, 0.3) is 5.91 Å². The van der Waals surface area contributed by atoms with E-state index in [1.807, 2.05) is 0 Å². The molecule has 0 unspecified atom stereocenters. The summed E-state index contributed by atoms with van der Waals surface area (Å²) >= 11 is 0. The highest BCUT2D eigenvalue weighted by Crippen LogP contribution is 2.11. The molecule has 14 heavy (non-hydrogen) atoms. The Kier molecular flexibility index (Phi) is 3.45. The number of carbonyl (C=O) groups is 2. The Bertz CT molecular complexity index is 413. The van der Waals surface area contributed by atoms with Gasteiger partial charge in [-0.1, -0.05) is 18.1 Å². The fraction of sp³-hybridized carbons (Fsp3) is 0.0909. The lowest BCUT2D eigenvalue weighted by molar-refractivity contribution is -0.111. The van der Waals surface area contributed by atoms with Gasteiger partial charge in [-0.15, -0.1) is 0 Å². The van der Waals surface area contributed by atoms with E-state index < -0.39 is 5.91 Å². The van der Waals surface area contributed by atoms with Crippen molar-refractivity contribution in [3.05, 3.63) is 29.8 Å². The molecule has 0 saturated heterocycles. The van der Waals surface area contributed by atoms with Crippen LogP contribution in [0.1, 0.15) is 17.3 Å². The molecule has 0 aromatic heterocycles. The fourth-order valence-electron chi connectivity index (χ4n) is 0.981. The zero-order valence-electron chi connectivity index (χ0n) is 7.70. The van der Waals surface area contributed by atoms with E-state index in [1.165, 1.54) is 0 Å². The van der Waals surface area contributed by atoms with Gasteiger partial charge in [0, 0.05) is 5.56 Å². The Morgan fingerprint density at radius 3 is 2.79 bits per heavy atom. The number of nitrogens with one attached hydrogen (secondary N) is 1. The second kappa shape index (κ2) is 4.83. The first kappa shape index (κ1) is 10.0. The third-order valence-electron chi connectivity index (χ3n) is 1.57. The SMILES string of the molecule is CC#CC(=O)Nc1ccccc1C=O. The summed E-state index contributed by atoms with van der Waals surface area (Å²) < 4.78 is 0. The molecule has 0 bridgehead atoms. The molecule has 3 heteroatoms. The second-order valence-electron chi connectivity index (χ2n) is 2.53. The first-order chi connectivity index (χ1) is 6.77. The Balaban J connectivity index is 2.89. The first-order valence-corrected chi connectivity index (χ1v) is 4.06. The van der Waals surface area contributed by atoms with Crippen LogP contribution < -0.4 is 5.32 Å². The molecule has 3 nitrogen and oxygen atoms in total. The zero-order valence-corrected chi connectivity index (χ0v) is 7.70. The van der Waals surface area contributed by atoms with Crippen LogP contribution in [0.15, 0.2) is 24.3 Å². The van der Waals surface area contributed by atoms with Gasteiger partial charge in [0.1, 0.15) is 0 Å². The molecule has 0 aliphatic heterocycles. The van der Waals surface area contributed by atoms with Gasteiger partial charge in [-0.3, -0.25) is 9.59 Å². The molecule has 0 radical (unpaired) electrons. The highest BCUT2D eigenvalue weighted by molar-refractivity contribution is 6.06. The van der Waals surface area contributed by atoms with Crippen LogP contribution in [0.3, 0.4) is 0 Å². The molecule has 1 aromatic rings. The molecular weight excluding hydrogens is 178 g/mol. The molecule has 0 saturated carbocycles. The van der Waals surface area contributed by atoms with Gasteiger partial charge in [0.2, 0.25) is 0 Å². The van der Waals surface area contributed by atoms with Crippen molar-refractivity contribution in [1.29, 1.82) is 0 Å². The van der Waals surface area contributed by atoms with Crippen molar-refractivity contribution in [2.75, 3.05) is 5.32 Å². The number of benzene rings is 1. The molecule has 0 atom stereocenters. The van der Waals surface area contributed by atoms with Crippen molar-refractivity contribution in [3.63, 3.8) is 0 Å². The predicted molar refractivity (Wildman–Crippen MR) is 53.9 cm³/mol. The van der Waals surface area contributed by atoms with Crippen LogP contribution >= 0.6 is 0 Å². The molecule has 1 rings (SSSR count). The summed E-state index contributed by atoms with van der Waals surface area (Å²) in [5, 5.41) is 2.52. The van der Waals surface area contributed by atoms with E-state index in [1.54, 1.807) is 31.2 Å². The summed E-state index contributed by atoms with van der Waals surface area (Å²) in [6.45, 7) is 1.57. The Morgan fingerprint density at radius 2 is 2.14 bits per heavy atom. The van der Waals surface area contributed by atoms with Crippen LogP contribution in [0, 0.1) is 11.8 Å². The molecule has 0 aliphatic rings. The van der Waals surface area contributed by atoms with Gasteiger partial charge in [-0.05, 0) is 25.0 Å². The molecule has 0 spiro atoms. The lowest BCUT2D eigenvalue weighted by atomic mass is 10.2. The maximum Gasteiger partial charge on any atom is 0.300 e. The minimum atomic E-state index is -0.415. The lowest BCUT2D eigenvalue weighted by Crippen LogP contribution is -2.09. The van der Waals surface area contributed by atoms with Gasteiger partial charge < -0.3 is 5.32 Å². The first-order valence-electron chi connectivity index (χ1n) is 4.06. The monoisotopic (exact) mass is 187 g/mol. The molecule has 0 aliphatic carbocycles. The zero-order chi connectivity index (χ0) is 10.4. The number of rotatable bonds is 2. The quantitative estimate of drug-likeness (QED) is 0.562. The van der Waals surface area contributed by atoms with Gasteiger partial charge in [-0.25, -0.2) is 0 Å². The van der Waals surface area contributed by atoms with Crippen molar-refractivity contribution >= 4 is 17.9 Å². The van der Waals surface area contributed by atoms with Crippen molar-refractivity contribution in [1.82, 2.24) is 0 Å². The van der Waals surface area contributed by atoms with Crippen molar-refractivity contribution in [3.8, 4) is 11.8 Å². The number of hydrogen-bond acceptors (Lipinski definition) is 2. The largest absolute Gasteiger partial charge is 0.314 e. The van der Waals surface area contributed by atoms with E-state index in [0.717, 1.165) is 0 Å². The number of hydrogen-bond donors (Lipinski definition) is 1. The highest BCUT2D eigenvalue weighted by atomic mass is 16.1. The maximum absolute atomic E-state index is 11.1. The molecule has 1 amide bonds. The number of amides is 1. The van der Waals surface area contributed by atoms with Crippen LogP contribution in [0.2, 0.25) is 0 Å². The maximum atomic E-state index is 11.1. The molecule has 1 aromatic carbocycles. The molecule has 0 fully saturated rings. The van der Waals surface area contributed by atoms with E-state index in [9.17, 15) is 9.59 Å². The summed E-state index contributed by atoms with van der Waals surface area (Å²) in [6, 6.07) is 6.74. The number of carbonyl (C=O) groups excluding carboxylic acids is 2. The highest BCUT2D eigenvalue weighted by Gasteiger charge is 2.02. The van der Waals surface area contributed by atoms with E-state index in [4.69, 9.17) is 0 Å². The summed E-state index contributed by atoms with van der Waals surface area (Å²) in [6.07, 6.45) is 0.689. The number of para-hydroxylation sites is 1. The van der Waals surface area contributed by atoms with Crippen molar-refractivity contribution in [2.24, 2.45) is 0 Å². The molecular formula is C11H9NO2. The standard InChI is InChI=1S/C11H9NO2/c1-2-5-11(14)12-10-7-4-3-6-9(10)8-13/h3-4,6-8H,1H3,(H,12,14). The Morgan fingerprint density at radius 1 is 1.43 bits per heavy atom. The average molecular weight is 187 g/mol. The van der Waals surface area contributed by atoms with Gasteiger partial charge in [-0.2, -0.15) is 0 Å². The van der Waals surface area contributed by atoms with Crippen LogP contribution in [-0.4, -0.2) is 12.2 Å². The smallest absolute Gasteiger partial charge is 0.300 e. The Hall–Kier alpha value is -2.08. The minimum absolute atomic E-state index is 0.415. The van der Waals surface area contributed by atoms with E-state index >= 15 is 0 Å². The normalized spacial score (nSPS) is 8.36.